The molecule has 0 saturated heterocycles. The first-order valence-corrected chi connectivity index (χ1v) is 9.76. The fourth-order valence-corrected chi connectivity index (χ4v) is 3.31. The van der Waals surface area contributed by atoms with Gasteiger partial charge in [0.05, 0.1) is 0 Å². The van der Waals surface area contributed by atoms with Gasteiger partial charge in [0.15, 0.2) is 0 Å². The summed E-state index contributed by atoms with van der Waals surface area (Å²) in [6.07, 6.45) is 3.42. The number of thioether (sulfide) groups is 1. The Morgan fingerprint density at radius 3 is 2.56 bits per heavy atom. The van der Waals surface area contributed by atoms with E-state index < -0.39 is 5.91 Å². The minimum absolute atomic E-state index is 0.0245. The highest BCUT2D eigenvalue weighted by Gasteiger charge is 2.12. The maximum absolute atomic E-state index is 12.2. The van der Waals surface area contributed by atoms with Crippen molar-refractivity contribution < 1.29 is 4.79 Å². The maximum Gasteiger partial charge on any atom is 0.268 e. The Labute approximate surface area is 155 Å². The normalized spacial score (nSPS) is 11.0. The SMILES string of the molecule is CCN(CC)c1ccc(/C=C(/C#N)C(=O)Nc2nc(SC)ns2)cc1. The van der Waals surface area contributed by atoms with Crippen LogP contribution >= 0.6 is 23.3 Å². The van der Waals surface area contributed by atoms with Crippen LogP contribution in [0.3, 0.4) is 0 Å². The summed E-state index contributed by atoms with van der Waals surface area (Å²) in [5.74, 6) is -0.487. The summed E-state index contributed by atoms with van der Waals surface area (Å²) in [5.41, 5.74) is 1.93. The van der Waals surface area contributed by atoms with Crippen molar-refractivity contribution in [3.05, 3.63) is 35.4 Å². The summed E-state index contributed by atoms with van der Waals surface area (Å²) < 4.78 is 4.07. The van der Waals surface area contributed by atoms with Gasteiger partial charge < -0.3 is 4.90 Å². The minimum atomic E-state index is -0.487. The Morgan fingerprint density at radius 2 is 2.04 bits per heavy atom. The van der Waals surface area contributed by atoms with Crippen molar-refractivity contribution >= 4 is 46.1 Å². The van der Waals surface area contributed by atoms with Crippen molar-refractivity contribution in [1.82, 2.24) is 9.36 Å². The summed E-state index contributed by atoms with van der Waals surface area (Å²) >= 11 is 2.48. The van der Waals surface area contributed by atoms with Crippen LogP contribution < -0.4 is 10.2 Å². The molecule has 8 heteroatoms. The van der Waals surface area contributed by atoms with Crippen LogP contribution in [0.4, 0.5) is 10.8 Å². The van der Waals surface area contributed by atoms with Gasteiger partial charge in [-0.05, 0) is 43.9 Å². The van der Waals surface area contributed by atoms with Crippen molar-refractivity contribution in [1.29, 1.82) is 5.26 Å². The first kappa shape index (κ1) is 19.0. The average Bonchev–Trinajstić information content (AvgIpc) is 3.09. The number of nitrogens with one attached hydrogen (secondary N) is 1. The van der Waals surface area contributed by atoms with E-state index in [0.717, 1.165) is 35.9 Å². The van der Waals surface area contributed by atoms with Crippen molar-refractivity contribution in [3.8, 4) is 6.07 Å². The fraction of sp³-hybridized carbons (Fsp3) is 0.294. The third kappa shape index (κ3) is 5.05. The third-order valence-electron chi connectivity index (χ3n) is 3.51. The summed E-state index contributed by atoms with van der Waals surface area (Å²) in [5, 5.41) is 12.9. The van der Waals surface area contributed by atoms with E-state index >= 15 is 0 Å². The summed E-state index contributed by atoms with van der Waals surface area (Å²) in [4.78, 5) is 18.6. The van der Waals surface area contributed by atoms with Crippen LogP contribution in [-0.2, 0) is 4.79 Å². The molecule has 1 amide bonds. The predicted molar refractivity (Wildman–Crippen MR) is 104 cm³/mol. The molecule has 0 radical (unpaired) electrons. The number of carbonyl (C=O) groups excluding carboxylic acids is 1. The second kappa shape index (κ2) is 9.20. The summed E-state index contributed by atoms with van der Waals surface area (Å²) in [7, 11) is 0. The van der Waals surface area contributed by atoms with Gasteiger partial charge in [-0.3, -0.25) is 10.1 Å². The third-order valence-corrected chi connectivity index (χ3v) is 4.80. The Kier molecular flexibility index (Phi) is 6.98. The number of benzene rings is 1. The Bertz CT molecular complexity index is 788. The lowest BCUT2D eigenvalue weighted by Gasteiger charge is -2.20. The highest BCUT2D eigenvalue weighted by atomic mass is 32.2. The zero-order valence-electron chi connectivity index (χ0n) is 14.3. The predicted octanol–water partition coefficient (Wildman–Crippen LogP) is 3.65. The van der Waals surface area contributed by atoms with E-state index in [9.17, 15) is 10.1 Å². The summed E-state index contributed by atoms with van der Waals surface area (Å²) in [6.45, 7) is 6.06. The number of hydrogen-bond acceptors (Lipinski definition) is 7. The molecule has 1 N–H and O–H groups in total. The molecule has 2 rings (SSSR count). The van der Waals surface area contributed by atoms with Crippen LogP contribution in [0.2, 0.25) is 0 Å². The van der Waals surface area contributed by atoms with Gasteiger partial charge in [0.2, 0.25) is 10.3 Å². The average molecular weight is 374 g/mol. The number of hydrogen-bond donors (Lipinski definition) is 1. The van der Waals surface area contributed by atoms with Gasteiger partial charge in [-0.2, -0.15) is 14.6 Å². The zero-order chi connectivity index (χ0) is 18.2. The lowest BCUT2D eigenvalue weighted by Crippen LogP contribution is -2.21. The quantitative estimate of drug-likeness (QED) is 0.453. The van der Waals surface area contributed by atoms with Crippen molar-refractivity contribution in [2.45, 2.75) is 19.0 Å². The molecular weight excluding hydrogens is 354 g/mol. The van der Waals surface area contributed by atoms with Crippen LogP contribution in [0.15, 0.2) is 35.0 Å². The zero-order valence-corrected chi connectivity index (χ0v) is 15.9. The van der Waals surface area contributed by atoms with Crippen LogP contribution in [0.25, 0.3) is 6.08 Å². The molecule has 0 aliphatic rings. The number of carbonyl (C=O) groups is 1. The Morgan fingerprint density at radius 1 is 1.36 bits per heavy atom. The molecule has 0 atom stereocenters. The summed E-state index contributed by atoms with van der Waals surface area (Å²) in [6, 6.07) is 9.71. The smallest absolute Gasteiger partial charge is 0.268 e. The van der Waals surface area contributed by atoms with Gasteiger partial charge in [-0.15, -0.1) is 0 Å². The van der Waals surface area contributed by atoms with Crippen LogP contribution in [0.5, 0.6) is 0 Å². The number of rotatable bonds is 7. The van der Waals surface area contributed by atoms with Gasteiger partial charge in [-0.25, -0.2) is 0 Å². The van der Waals surface area contributed by atoms with Crippen LogP contribution in [0, 0.1) is 11.3 Å². The monoisotopic (exact) mass is 373 g/mol. The molecule has 0 spiro atoms. The second-order valence-electron chi connectivity index (χ2n) is 4.97. The molecular formula is C17H19N5OS2. The van der Waals surface area contributed by atoms with Gasteiger partial charge in [-0.1, -0.05) is 23.9 Å². The molecule has 1 aromatic carbocycles. The van der Waals surface area contributed by atoms with E-state index in [1.165, 1.54) is 11.8 Å². The molecule has 1 aromatic heterocycles. The van der Waals surface area contributed by atoms with E-state index in [-0.39, 0.29) is 5.57 Å². The molecule has 0 unspecified atom stereocenters. The molecule has 0 saturated carbocycles. The maximum atomic E-state index is 12.2. The Hall–Kier alpha value is -2.37. The highest BCUT2D eigenvalue weighted by Crippen LogP contribution is 2.19. The molecule has 2 aromatic rings. The van der Waals surface area contributed by atoms with Crippen molar-refractivity contribution in [2.75, 3.05) is 29.6 Å². The van der Waals surface area contributed by atoms with Crippen molar-refractivity contribution in [3.63, 3.8) is 0 Å². The van der Waals surface area contributed by atoms with Gasteiger partial charge in [0.25, 0.3) is 5.91 Å². The number of anilines is 2. The molecule has 0 aliphatic heterocycles. The molecule has 130 valence electrons. The highest BCUT2D eigenvalue weighted by molar-refractivity contribution is 7.98. The van der Waals surface area contributed by atoms with E-state index in [0.29, 0.717) is 10.3 Å². The van der Waals surface area contributed by atoms with Gasteiger partial charge in [0.1, 0.15) is 11.6 Å². The number of aromatic nitrogens is 2. The molecule has 0 fully saturated rings. The molecule has 0 bridgehead atoms. The first-order chi connectivity index (χ1) is 12.1. The van der Waals surface area contributed by atoms with Crippen molar-refractivity contribution in [2.24, 2.45) is 0 Å². The van der Waals surface area contributed by atoms with E-state index in [4.69, 9.17) is 0 Å². The number of nitriles is 1. The Balaban J connectivity index is 2.13. The van der Waals surface area contributed by atoms with E-state index in [1.54, 1.807) is 6.08 Å². The molecule has 25 heavy (non-hydrogen) atoms. The van der Waals surface area contributed by atoms with E-state index in [2.05, 4.69) is 33.4 Å². The molecule has 1 heterocycles. The van der Waals surface area contributed by atoms with Gasteiger partial charge >= 0.3 is 0 Å². The lowest BCUT2D eigenvalue weighted by molar-refractivity contribution is -0.112. The minimum Gasteiger partial charge on any atom is -0.372 e. The van der Waals surface area contributed by atoms with Gasteiger partial charge in [0, 0.05) is 30.3 Å². The molecule has 0 aliphatic carbocycles. The fourth-order valence-electron chi connectivity index (χ4n) is 2.19. The van der Waals surface area contributed by atoms with Crippen LogP contribution in [-0.4, -0.2) is 34.6 Å². The number of amides is 1. The second-order valence-corrected chi connectivity index (χ2v) is 6.50. The largest absolute Gasteiger partial charge is 0.372 e. The number of nitrogens with zero attached hydrogens (tertiary/aromatic N) is 4. The first-order valence-electron chi connectivity index (χ1n) is 7.77. The standard InChI is InChI=1S/C17H19N5OS2/c1-4-22(5-2)14-8-6-12(7-9-14)10-13(11-18)15(23)19-16-20-17(24-3)21-25-16/h6-10H,4-5H2,1-3H3,(H,19,20,21,23)/b13-10-. The van der Waals surface area contributed by atoms with E-state index in [1.807, 2.05) is 36.6 Å². The topological polar surface area (TPSA) is 81.9 Å². The molecule has 6 nitrogen and oxygen atoms in total. The lowest BCUT2D eigenvalue weighted by atomic mass is 10.1. The van der Waals surface area contributed by atoms with Crippen LogP contribution in [0.1, 0.15) is 19.4 Å².